The molecule has 1 aliphatic heterocycles. The molecule has 1 aliphatic rings. The van der Waals surface area contributed by atoms with Crippen molar-refractivity contribution >= 4 is 11.6 Å². The highest BCUT2D eigenvalue weighted by molar-refractivity contribution is 6.32. The van der Waals surface area contributed by atoms with Gasteiger partial charge in [-0.15, -0.1) is 0 Å². The Morgan fingerprint density at radius 1 is 1.10 bits per heavy atom. The summed E-state index contributed by atoms with van der Waals surface area (Å²) in [6.07, 6.45) is 0. The van der Waals surface area contributed by atoms with Gasteiger partial charge in [0.2, 0.25) is 0 Å². The van der Waals surface area contributed by atoms with Crippen LogP contribution in [0.1, 0.15) is 28.3 Å². The SMILES string of the molecule is CNC(c1ccc2c(c1)COC2)c1ccc(Cl)c(OC)c1. The highest BCUT2D eigenvalue weighted by Gasteiger charge is 2.17. The van der Waals surface area contributed by atoms with Gasteiger partial charge in [0.1, 0.15) is 5.75 Å². The molecule has 1 heterocycles. The number of halogens is 1. The van der Waals surface area contributed by atoms with Crippen molar-refractivity contribution in [3.8, 4) is 5.75 Å². The second kappa shape index (κ2) is 6.06. The summed E-state index contributed by atoms with van der Waals surface area (Å²) in [5.74, 6) is 0.693. The molecule has 0 fully saturated rings. The summed E-state index contributed by atoms with van der Waals surface area (Å²) in [4.78, 5) is 0. The topological polar surface area (TPSA) is 30.5 Å². The van der Waals surface area contributed by atoms with Gasteiger partial charge in [-0.25, -0.2) is 0 Å². The summed E-state index contributed by atoms with van der Waals surface area (Å²) in [5, 5.41) is 3.98. The monoisotopic (exact) mass is 303 g/mol. The lowest BCUT2D eigenvalue weighted by Gasteiger charge is -2.19. The zero-order chi connectivity index (χ0) is 14.8. The first kappa shape index (κ1) is 14.4. The van der Waals surface area contributed by atoms with Crippen LogP contribution in [0.3, 0.4) is 0 Å². The Balaban J connectivity index is 1.98. The molecule has 3 nitrogen and oxygen atoms in total. The van der Waals surface area contributed by atoms with E-state index in [9.17, 15) is 0 Å². The molecule has 2 aromatic carbocycles. The zero-order valence-electron chi connectivity index (χ0n) is 12.2. The molecule has 0 amide bonds. The van der Waals surface area contributed by atoms with Crippen LogP contribution in [0.4, 0.5) is 0 Å². The fourth-order valence-electron chi connectivity index (χ4n) is 2.75. The van der Waals surface area contributed by atoms with E-state index in [2.05, 4.69) is 23.5 Å². The number of hydrogen-bond donors (Lipinski definition) is 1. The molecule has 3 rings (SSSR count). The van der Waals surface area contributed by atoms with E-state index < -0.39 is 0 Å². The van der Waals surface area contributed by atoms with E-state index in [1.165, 1.54) is 16.7 Å². The number of fused-ring (bicyclic) bond motifs is 1. The van der Waals surface area contributed by atoms with Crippen LogP contribution < -0.4 is 10.1 Å². The maximum atomic E-state index is 6.11. The number of ether oxygens (including phenoxy) is 2. The fraction of sp³-hybridized carbons (Fsp3) is 0.294. The average molecular weight is 304 g/mol. The van der Waals surface area contributed by atoms with Crippen LogP contribution in [-0.4, -0.2) is 14.2 Å². The van der Waals surface area contributed by atoms with Crippen LogP contribution >= 0.6 is 11.6 Å². The molecule has 1 unspecified atom stereocenters. The van der Waals surface area contributed by atoms with Crippen LogP contribution in [-0.2, 0) is 18.0 Å². The molecular formula is C17H18ClNO2. The third-order valence-electron chi connectivity index (χ3n) is 3.88. The lowest BCUT2D eigenvalue weighted by atomic mass is 9.95. The van der Waals surface area contributed by atoms with Crippen molar-refractivity contribution in [2.75, 3.05) is 14.2 Å². The molecule has 2 aromatic rings. The van der Waals surface area contributed by atoms with Crippen molar-refractivity contribution in [2.24, 2.45) is 0 Å². The van der Waals surface area contributed by atoms with Crippen LogP contribution in [0.2, 0.25) is 5.02 Å². The average Bonchev–Trinajstić information content (AvgIpc) is 2.97. The highest BCUT2D eigenvalue weighted by Crippen LogP contribution is 2.32. The Labute approximate surface area is 129 Å². The normalized spacial score (nSPS) is 14.8. The van der Waals surface area contributed by atoms with E-state index in [0.29, 0.717) is 24.0 Å². The number of benzene rings is 2. The van der Waals surface area contributed by atoms with Gasteiger partial charge in [-0.3, -0.25) is 0 Å². The molecule has 0 saturated heterocycles. The van der Waals surface area contributed by atoms with Gasteiger partial charge in [-0.1, -0.05) is 35.9 Å². The van der Waals surface area contributed by atoms with Crippen LogP contribution in [0.5, 0.6) is 5.75 Å². The Morgan fingerprint density at radius 3 is 2.57 bits per heavy atom. The fourth-order valence-corrected chi connectivity index (χ4v) is 2.95. The lowest BCUT2D eigenvalue weighted by Crippen LogP contribution is -2.18. The Kier molecular flexibility index (Phi) is 4.15. The number of methoxy groups -OCH3 is 1. The molecule has 110 valence electrons. The van der Waals surface area contributed by atoms with Gasteiger partial charge in [0.05, 0.1) is 31.4 Å². The van der Waals surface area contributed by atoms with E-state index in [1.54, 1.807) is 7.11 Å². The second-order valence-electron chi connectivity index (χ2n) is 5.14. The molecule has 0 radical (unpaired) electrons. The lowest BCUT2D eigenvalue weighted by molar-refractivity contribution is 0.134. The van der Waals surface area contributed by atoms with E-state index in [4.69, 9.17) is 21.1 Å². The first-order chi connectivity index (χ1) is 10.2. The quantitative estimate of drug-likeness (QED) is 0.934. The molecule has 0 saturated carbocycles. The van der Waals surface area contributed by atoms with Crippen LogP contribution in [0.25, 0.3) is 0 Å². The van der Waals surface area contributed by atoms with Gasteiger partial charge in [0.25, 0.3) is 0 Å². The molecule has 0 bridgehead atoms. The predicted molar refractivity (Wildman–Crippen MR) is 83.8 cm³/mol. The number of rotatable bonds is 4. The Bertz CT molecular complexity index is 646. The maximum absolute atomic E-state index is 6.11. The largest absolute Gasteiger partial charge is 0.495 e. The number of nitrogens with one attached hydrogen (secondary N) is 1. The van der Waals surface area contributed by atoms with Crippen molar-refractivity contribution in [3.05, 3.63) is 63.7 Å². The first-order valence-electron chi connectivity index (χ1n) is 6.93. The van der Waals surface area contributed by atoms with Crippen LogP contribution in [0.15, 0.2) is 36.4 Å². The predicted octanol–water partition coefficient (Wildman–Crippen LogP) is 3.69. The van der Waals surface area contributed by atoms with Gasteiger partial charge in [-0.05, 0) is 41.4 Å². The minimum atomic E-state index is 0.0991. The van der Waals surface area contributed by atoms with E-state index in [-0.39, 0.29) is 6.04 Å². The highest BCUT2D eigenvalue weighted by atomic mass is 35.5. The standard InChI is InChI=1S/C17H18ClNO2/c1-19-17(12-5-6-15(18)16(8-12)20-2)11-3-4-13-9-21-10-14(13)7-11/h3-8,17,19H,9-10H2,1-2H3. The smallest absolute Gasteiger partial charge is 0.137 e. The minimum absolute atomic E-state index is 0.0991. The van der Waals surface area contributed by atoms with Crippen molar-refractivity contribution < 1.29 is 9.47 Å². The van der Waals surface area contributed by atoms with E-state index in [1.807, 2.05) is 25.2 Å². The van der Waals surface area contributed by atoms with E-state index >= 15 is 0 Å². The van der Waals surface area contributed by atoms with Gasteiger partial charge >= 0.3 is 0 Å². The molecule has 4 heteroatoms. The molecule has 21 heavy (non-hydrogen) atoms. The molecule has 1 N–H and O–H groups in total. The summed E-state index contributed by atoms with van der Waals surface area (Å²) >= 11 is 6.11. The summed E-state index contributed by atoms with van der Waals surface area (Å²) < 4.78 is 10.8. The summed E-state index contributed by atoms with van der Waals surface area (Å²) in [6.45, 7) is 1.41. The first-order valence-corrected chi connectivity index (χ1v) is 7.31. The molecular weight excluding hydrogens is 286 g/mol. The van der Waals surface area contributed by atoms with Gasteiger partial charge < -0.3 is 14.8 Å². The summed E-state index contributed by atoms with van der Waals surface area (Å²) in [7, 11) is 3.58. The summed E-state index contributed by atoms with van der Waals surface area (Å²) in [5.41, 5.74) is 4.89. The number of hydrogen-bond acceptors (Lipinski definition) is 3. The maximum Gasteiger partial charge on any atom is 0.137 e. The van der Waals surface area contributed by atoms with Crippen molar-refractivity contribution in [1.82, 2.24) is 5.32 Å². The van der Waals surface area contributed by atoms with Crippen LogP contribution in [0, 0.1) is 0 Å². The zero-order valence-corrected chi connectivity index (χ0v) is 12.9. The van der Waals surface area contributed by atoms with Gasteiger partial charge in [-0.2, -0.15) is 0 Å². The molecule has 0 spiro atoms. The third-order valence-corrected chi connectivity index (χ3v) is 4.19. The third kappa shape index (κ3) is 2.77. The Morgan fingerprint density at radius 2 is 1.81 bits per heavy atom. The van der Waals surface area contributed by atoms with Crippen molar-refractivity contribution in [2.45, 2.75) is 19.3 Å². The Hall–Kier alpha value is -1.55. The minimum Gasteiger partial charge on any atom is -0.495 e. The second-order valence-corrected chi connectivity index (χ2v) is 5.54. The van der Waals surface area contributed by atoms with Gasteiger partial charge in [0.15, 0.2) is 0 Å². The van der Waals surface area contributed by atoms with Gasteiger partial charge in [0, 0.05) is 0 Å². The summed E-state index contributed by atoms with van der Waals surface area (Å²) in [6, 6.07) is 12.5. The van der Waals surface area contributed by atoms with E-state index in [0.717, 1.165) is 5.56 Å². The molecule has 1 atom stereocenters. The molecule has 0 aliphatic carbocycles. The molecule has 0 aromatic heterocycles. The van der Waals surface area contributed by atoms with Crippen molar-refractivity contribution in [1.29, 1.82) is 0 Å². The van der Waals surface area contributed by atoms with Crippen molar-refractivity contribution in [3.63, 3.8) is 0 Å².